The molecule has 0 saturated carbocycles. The second-order valence-corrected chi connectivity index (χ2v) is 5.48. The molecule has 3 rings (SSSR count). The molecule has 0 aliphatic rings. The van der Waals surface area contributed by atoms with Gasteiger partial charge in [0.25, 0.3) is 0 Å². The first-order valence-corrected chi connectivity index (χ1v) is 7.09. The van der Waals surface area contributed by atoms with E-state index in [0.717, 1.165) is 17.3 Å². The summed E-state index contributed by atoms with van der Waals surface area (Å²) in [5, 5.41) is 4.88. The summed E-state index contributed by atoms with van der Waals surface area (Å²) < 4.78 is 10.5. The molecule has 6 nitrogen and oxygen atoms in total. The van der Waals surface area contributed by atoms with Gasteiger partial charge in [-0.1, -0.05) is 13.8 Å². The predicted octanol–water partition coefficient (Wildman–Crippen LogP) is 3.23. The van der Waals surface area contributed by atoms with Gasteiger partial charge in [-0.25, -0.2) is 14.8 Å². The molecule has 3 aromatic rings. The van der Waals surface area contributed by atoms with Crippen molar-refractivity contribution in [3.8, 4) is 0 Å². The van der Waals surface area contributed by atoms with Gasteiger partial charge in [0.05, 0.1) is 18.1 Å². The fourth-order valence-corrected chi connectivity index (χ4v) is 2.29. The number of nitrogens with one attached hydrogen (secondary N) is 1. The van der Waals surface area contributed by atoms with Crippen molar-refractivity contribution in [2.45, 2.75) is 13.8 Å². The lowest BCUT2D eigenvalue weighted by Crippen LogP contribution is -2.09. The van der Waals surface area contributed by atoms with Crippen LogP contribution in [0.25, 0.3) is 22.1 Å². The normalized spacial score (nSPS) is 11.3. The lowest BCUT2D eigenvalue weighted by molar-refractivity contribution is 0.0601. The number of esters is 1. The largest absolute Gasteiger partial charge is 0.465 e. The van der Waals surface area contributed by atoms with E-state index in [0.29, 0.717) is 28.6 Å². The van der Waals surface area contributed by atoms with Crippen molar-refractivity contribution in [2.24, 2.45) is 5.92 Å². The van der Waals surface area contributed by atoms with E-state index >= 15 is 0 Å². The highest BCUT2D eigenvalue weighted by atomic mass is 16.5. The van der Waals surface area contributed by atoms with Crippen LogP contribution in [-0.2, 0) is 4.74 Å². The van der Waals surface area contributed by atoms with Crippen LogP contribution in [0.3, 0.4) is 0 Å². The number of nitrogens with zero attached hydrogens (tertiary/aromatic N) is 2. The minimum atomic E-state index is -0.384. The van der Waals surface area contributed by atoms with E-state index in [1.807, 2.05) is 0 Å². The van der Waals surface area contributed by atoms with E-state index in [1.165, 1.54) is 13.4 Å². The van der Waals surface area contributed by atoms with E-state index in [-0.39, 0.29) is 5.97 Å². The Morgan fingerprint density at radius 1 is 1.36 bits per heavy atom. The van der Waals surface area contributed by atoms with Gasteiger partial charge < -0.3 is 14.5 Å². The van der Waals surface area contributed by atoms with Crippen LogP contribution in [0.1, 0.15) is 24.2 Å². The summed E-state index contributed by atoms with van der Waals surface area (Å²) in [6, 6.07) is 5.16. The number of furan rings is 1. The van der Waals surface area contributed by atoms with E-state index in [1.54, 1.807) is 18.2 Å². The van der Waals surface area contributed by atoms with Crippen molar-refractivity contribution < 1.29 is 13.9 Å². The second kappa shape index (κ2) is 5.63. The van der Waals surface area contributed by atoms with Crippen LogP contribution >= 0.6 is 0 Å². The van der Waals surface area contributed by atoms with Crippen molar-refractivity contribution in [3.63, 3.8) is 0 Å². The third-order valence-electron chi connectivity index (χ3n) is 3.37. The Labute approximate surface area is 127 Å². The number of rotatable bonds is 4. The molecule has 0 atom stereocenters. The maximum Gasteiger partial charge on any atom is 0.337 e. The van der Waals surface area contributed by atoms with Gasteiger partial charge >= 0.3 is 5.97 Å². The number of hydrogen-bond donors (Lipinski definition) is 1. The van der Waals surface area contributed by atoms with Gasteiger partial charge in [-0.2, -0.15) is 0 Å². The molecule has 0 fully saturated rings. The molecule has 1 N–H and O–H groups in total. The van der Waals surface area contributed by atoms with Crippen LogP contribution in [0.15, 0.2) is 28.9 Å². The summed E-state index contributed by atoms with van der Waals surface area (Å²) in [4.78, 5) is 20.2. The molecule has 2 aromatic heterocycles. The van der Waals surface area contributed by atoms with Gasteiger partial charge in [0.15, 0.2) is 0 Å². The van der Waals surface area contributed by atoms with Gasteiger partial charge in [0, 0.05) is 11.9 Å². The van der Waals surface area contributed by atoms with Crippen LogP contribution in [-0.4, -0.2) is 29.6 Å². The minimum Gasteiger partial charge on any atom is -0.465 e. The molecule has 1 aromatic carbocycles. The highest BCUT2D eigenvalue weighted by molar-refractivity contribution is 6.10. The maximum absolute atomic E-state index is 11.7. The Morgan fingerprint density at radius 3 is 2.91 bits per heavy atom. The summed E-state index contributed by atoms with van der Waals surface area (Å²) in [6.07, 6.45) is 1.47. The molecule has 0 amide bonds. The van der Waals surface area contributed by atoms with E-state index in [9.17, 15) is 4.79 Å². The summed E-state index contributed by atoms with van der Waals surface area (Å²) in [6.45, 7) is 5.03. The Hall–Kier alpha value is -2.63. The molecule has 0 unspecified atom stereocenters. The highest BCUT2D eigenvalue weighted by Crippen LogP contribution is 2.32. The summed E-state index contributed by atoms with van der Waals surface area (Å²) in [5.41, 5.74) is 1.63. The lowest BCUT2D eigenvalue weighted by Gasteiger charge is -2.08. The van der Waals surface area contributed by atoms with Crippen LogP contribution in [0.4, 0.5) is 5.82 Å². The molecule has 2 heterocycles. The van der Waals surface area contributed by atoms with Gasteiger partial charge in [0.2, 0.25) is 5.71 Å². The van der Waals surface area contributed by atoms with Crippen molar-refractivity contribution >= 4 is 33.9 Å². The number of anilines is 1. The number of carbonyl (C=O) groups excluding carboxylic acids is 1. The Kier molecular flexibility index (Phi) is 3.66. The number of methoxy groups -OCH3 is 1. The number of ether oxygens (including phenoxy) is 1. The van der Waals surface area contributed by atoms with E-state index in [4.69, 9.17) is 9.15 Å². The average molecular weight is 299 g/mol. The van der Waals surface area contributed by atoms with Crippen molar-refractivity contribution in [2.75, 3.05) is 19.0 Å². The lowest BCUT2D eigenvalue weighted by atomic mass is 10.1. The first kappa shape index (κ1) is 14.3. The van der Waals surface area contributed by atoms with E-state index < -0.39 is 0 Å². The highest BCUT2D eigenvalue weighted by Gasteiger charge is 2.16. The van der Waals surface area contributed by atoms with Gasteiger partial charge in [-0.05, 0) is 24.1 Å². The zero-order chi connectivity index (χ0) is 15.7. The molecule has 0 bridgehead atoms. The van der Waals surface area contributed by atoms with Gasteiger partial charge in [-0.15, -0.1) is 0 Å². The van der Waals surface area contributed by atoms with Gasteiger partial charge in [-0.3, -0.25) is 0 Å². The smallest absolute Gasteiger partial charge is 0.337 e. The quantitative estimate of drug-likeness (QED) is 0.745. The summed E-state index contributed by atoms with van der Waals surface area (Å²) >= 11 is 0. The SMILES string of the molecule is COC(=O)c1ccc2oc3ncnc(NCC(C)C)c3c2c1. The third-order valence-corrected chi connectivity index (χ3v) is 3.37. The topological polar surface area (TPSA) is 77.2 Å². The Morgan fingerprint density at radius 2 is 2.18 bits per heavy atom. The van der Waals surface area contributed by atoms with Crippen LogP contribution in [0.5, 0.6) is 0 Å². The monoisotopic (exact) mass is 299 g/mol. The molecule has 0 saturated heterocycles. The molecule has 0 aliphatic heterocycles. The summed E-state index contributed by atoms with van der Waals surface area (Å²) in [5.74, 6) is 0.804. The van der Waals surface area contributed by atoms with E-state index in [2.05, 4.69) is 29.1 Å². The van der Waals surface area contributed by atoms with Crippen LogP contribution in [0.2, 0.25) is 0 Å². The first-order valence-electron chi connectivity index (χ1n) is 7.09. The minimum absolute atomic E-state index is 0.384. The molecular formula is C16H17N3O3. The number of carbonyl (C=O) groups is 1. The van der Waals surface area contributed by atoms with Crippen molar-refractivity contribution in [3.05, 3.63) is 30.1 Å². The molecular weight excluding hydrogens is 282 g/mol. The molecule has 0 radical (unpaired) electrons. The fourth-order valence-electron chi connectivity index (χ4n) is 2.29. The van der Waals surface area contributed by atoms with Gasteiger partial charge in [0.1, 0.15) is 17.7 Å². The Bertz CT molecular complexity index is 839. The van der Waals surface area contributed by atoms with Crippen molar-refractivity contribution in [1.82, 2.24) is 9.97 Å². The van der Waals surface area contributed by atoms with Crippen molar-refractivity contribution in [1.29, 1.82) is 0 Å². The molecule has 114 valence electrons. The molecule has 6 heteroatoms. The van der Waals surface area contributed by atoms with Crippen LogP contribution < -0.4 is 5.32 Å². The predicted molar refractivity (Wildman–Crippen MR) is 84.0 cm³/mol. The zero-order valence-electron chi connectivity index (χ0n) is 12.7. The molecule has 0 aliphatic carbocycles. The summed E-state index contributed by atoms with van der Waals surface area (Å²) in [7, 11) is 1.36. The third kappa shape index (κ3) is 2.47. The fraction of sp³-hybridized carbons (Fsp3) is 0.312. The zero-order valence-corrected chi connectivity index (χ0v) is 12.7. The Balaban J connectivity index is 2.18. The first-order chi connectivity index (χ1) is 10.6. The van der Waals surface area contributed by atoms with Crippen LogP contribution in [0, 0.1) is 5.92 Å². The average Bonchev–Trinajstić information content (AvgIpc) is 2.90. The number of fused-ring (bicyclic) bond motifs is 3. The number of benzene rings is 1. The maximum atomic E-state index is 11.7. The molecule has 22 heavy (non-hydrogen) atoms. The number of aromatic nitrogens is 2. The second-order valence-electron chi connectivity index (χ2n) is 5.48. The molecule has 0 spiro atoms. The number of hydrogen-bond acceptors (Lipinski definition) is 6. The standard InChI is InChI=1S/C16H17N3O3/c1-9(2)7-17-14-13-11-6-10(16(20)21-3)4-5-12(11)22-15(13)19-8-18-14/h4-6,8-9H,7H2,1-3H3,(H,17,18,19).